The van der Waals surface area contributed by atoms with Crippen LogP contribution in [0.25, 0.3) is 0 Å². The molecule has 3 N–H and O–H groups in total. The smallest absolute Gasteiger partial charge is 0.0891 e. The predicted molar refractivity (Wildman–Crippen MR) is 111 cm³/mol. The lowest BCUT2D eigenvalue weighted by Gasteiger charge is -2.28. The molecule has 3 heteroatoms. The van der Waals surface area contributed by atoms with Gasteiger partial charge in [0, 0.05) is 12.2 Å². The van der Waals surface area contributed by atoms with E-state index in [9.17, 15) is 0 Å². The fourth-order valence-electron chi connectivity index (χ4n) is 3.28. The topological polar surface area (TPSA) is 41.3 Å². The second kappa shape index (κ2) is 13.2. The number of hydrogen-bond acceptors (Lipinski definition) is 3. The molecule has 144 valence electrons. The molecule has 25 heavy (non-hydrogen) atoms. The normalized spacial score (nSPS) is 15.7. The van der Waals surface area contributed by atoms with Crippen LogP contribution in [0.2, 0.25) is 0 Å². The highest BCUT2D eigenvalue weighted by molar-refractivity contribution is 5.26. The van der Waals surface area contributed by atoms with Crippen molar-refractivity contribution >= 4 is 0 Å². The second-order valence-corrected chi connectivity index (χ2v) is 7.70. The molecule has 0 heterocycles. The van der Waals surface area contributed by atoms with Gasteiger partial charge in [-0.05, 0) is 58.4 Å². The van der Waals surface area contributed by atoms with Crippen LogP contribution in [0.5, 0.6) is 0 Å². The Morgan fingerprint density at radius 3 is 2.36 bits per heavy atom. The molecule has 0 fully saturated rings. The van der Waals surface area contributed by atoms with Crippen LogP contribution < -0.4 is 11.2 Å². The molecule has 0 aromatic rings. The molecule has 0 spiro atoms. The summed E-state index contributed by atoms with van der Waals surface area (Å²) in [5.41, 5.74) is 4.01. The predicted octanol–water partition coefficient (Wildman–Crippen LogP) is 5.81. The first-order chi connectivity index (χ1) is 12.0. The van der Waals surface area contributed by atoms with E-state index < -0.39 is 0 Å². The van der Waals surface area contributed by atoms with E-state index in [2.05, 4.69) is 44.8 Å². The van der Waals surface area contributed by atoms with E-state index in [0.29, 0.717) is 0 Å². The van der Waals surface area contributed by atoms with Gasteiger partial charge in [0.15, 0.2) is 0 Å². The van der Waals surface area contributed by atoms with Gasteiger partial charge in [-0.25, -0.2) is 5.01 Å². The average molecular weight is 348 g/mol. The number of nitrogens with two attached hydrogens (primary N) is 1. The molecule has 0 amide bonds. The van der Waals surface area contributed by atoms with Gasteiger partial charge < -0.3 is 5.32 Å². The number of nitrogens with zero attached hydrogens (tertiary/aromatic N) is 1. The molecule has 1 aliphatic rings. The number of unbranched alkanes of at least 4 members (excludes halogenated alkanes) is 7. The van der Waals surface area contributed by atoms with Gasteiger partial charge in [0.1, 0.15) is 0 Å². The van der Waals surface area contributed by atoms with Crippen molar-refractivity contribution in [3.63, 3.8) is 0 Å². The van der Waals surface area contributed by atoms with Crippen molar-refractivity contribution in [2.45, 2.75) is 97.6 Å². The first kappa shape index (κ1) is 22.0. The van der Waals surface area contributed by atoms with E-state index in [-0.39, 0.29) is 6.17 Å². The van der Waals surface area contributed by atoms with Gasteiger partial charge in [-0.1, -0.05) is 56.3 Å². The van der Waals surface area contributed by atoms with E-state index >= 15 is 0 Å². The number of hydrogen-bond donors (Lipinski definition) is 2. The summed E-state index contributed by atoms with van der Waals surface area (Å²) in [5.74, 6) is 6.22. The quantitative estimate of drug-likeness (QED) is 0.137. The maximum absolute atomic E-state index is 6.22. The van der Waals surface area contributed by atoms with Gasteiger partial charge in [-0.3, -0.25) is 5.84 Å². The van der Waals surface area contributed by atoms with Gasteiger partial charge in [0.05, 0.1) is 6.17 Å². The summed E-state index contributed by atoms with van der Waals surface area (Å²) in [6.07, 6.45) is 18.7. The summed E-state index contributed by atoms with van der Waals surface area (Å²) >= 11 is 0. The fourth-order valence-corrected chi connectivity index (χ4v) is 3.28. The minimum absolute atomic E-state index is 0.199. The summed E-state index contributed by atoms with van der Waals surface area (Å²) in [6.45, 7) is 11.4. The molecule has 0 aliphatic heterocycles. The summed E-state index contributed by atoms with van der Waals surface area (Å²) in [4.78, 5) is 0. The Hall–Kier alpha value is -1.06. The zero-order valence-electron chi connectivity index (χ0n) is 16.9. The average Bonchev–Trinajstić information content (AvgIpc) is 2.58. The van der Waals surface area contributed by atoms with Crippen molar-refractivity contribution in [2.24, 2.45) is 5.84 Å². The summed E-state index contributed by atoms with van der Waals surface area (Å²) < 4.78 is 0. The minimum Gasteiger partial charge on any atom is -0.372 e. The number of hydrazine groups is 1. The molecule has 1 atom stereocenters. The molecule has 1 aliphatic carbocycles. The Morgan fingerprint density at radius 2 is 1.76 bits per heavy atom. The highest BCUT2D eigenvalue weighted by Gasteiger charge is 2.12. The molecule has 1 rings (SSSR count). The van der Waals surface area contributed by atoms with Crippen molar-refractivity contribution in [1.82, 2.24) is 10.3 Å². The molecule has 0 bridgehead atoms. The van der Waals surface area contributed by atoms with Crippen LogP contribution in [0.15, 0.2) is 35.6 Å². The van der Waals surface area contributed by atoms with Gasteiger partial charge in [0.25, 0.3) is 0 Å². The third-order valence-electron chi connectivity index (χ3n) is 5.06. The van der Waals surface area contributed by atoms with Crippen molar-refractivity contribution in [2.75, 3.05) is 6.54 Å². The van der Waals surface area contributed by atoms with Crippen molar-refractivity contribution in [1.29, 1.82) is 0 Å². The number of allylic oxidation sites excluding steroid dienone is 5. The summed E-state index contributed by atoms with van der Waals surface area (Å²) in [6, 6.07) is 0. The zero-order valence-corrected chi connectivity index (χ0v) is 16.9. The Bertz CT molecular complexity index is 437. The summed E-state index contributed by atoms with van der Waals surface area (Å²) in [5, 5.41) is 5.53. The first-order valence-electron chi connectivity index (χ1n) is 10.3. The minimum atomic E-state index is 0.199. The standard InChI is InChI=1S/C22H41N3/c1-19(2)15-11-9-7-5-6-8-10-14-18-25(23)21(4)24-22-17-13-12-16-20(22)3/h12,16,21,24H,1,5-11,13-15,17-18,23H2,2-4H3. The number of nitrogens with one attached hydrogen (secondary N) is 1. The van der Waals surface area contributed by atoms with E-state index in [0.717, 1.165) is 19.4 Å². The fraction of sp³-hybridized carbons (Fsp3) is 0.727. The largest absolute Gasteiger partial charge is 0.372 e. The van der Waals surface area contributed by atoms with Crippen LogP contribution in [0.3, 0.4) is 0 Å². The number of rotatable bonds is 14. The van der Waals surface area contributed by atoms with Crippen LogP contribution >= 0.6 is 0 Å². The lowest BCUT2D eigenvalue weighted by Crippen LogP contribution is -2.48. The van der Waals surface area contributed by atoms with E-state index in [1.54, 1.807) is 0 Å². The Labute approximate surface area is 156 Å². The van der Waals surface area contributed by atoms with Crippen LogP contribution in [-0.4, -0.2) is 17.7 Å². The van der Waals surface area contributed by atoms with Crippen LogP contribution in [0.4, 0.5) is 0 Å². The Morgan fingerprint density at radius 1 is 1.16 bits per heavy atom. The highest BCUT2D eigenvalue weighted by Crippen LogP contribution is 2.17. The van der Waals surface area contributed by atoms with Crippen molar-refractivity contribution in [3.05, 3.63) is 35.6 Å². The molecule has 0 radical (unpaired) electrons. The van der Waals surface area contributed by atoms with Gasteiger partial charge in [0.2, 0.25) is 0 Å². The molecular formula is C22H41N3. The molecule has 0 saturated carbocycles. The van der Waals surface area contributed by atoms with Gasteiger partial charge in [-0.2, -0.15) is 0 Å². The Balaban J connectivity index is 2.00. The maximum atomic E-state index is 6.22. The van der Waals surface area contributed by atoms with E-state index in [1.807, 2.05) is 5.01 Å². The van der Waals surface area contributed by atoms with Crippen molar-refractivity contribution < 1.29 is 0 Å². The van der Waals surface area contributed by atoms with Crippen LogP contribution in [0, 0.1) is 0 Å². The third-order valence-corrected chi connectivity index (χ3v) is 5.06. The lowest BCUT2D eigenvalue weighted by molar-refractivity contribution is 0.186. The highest BCUT2D eigenvalue weighted by atomic mass is 15.5. The Kier molecular flexibility index (Phi) is 11.6. The molecule has 0 aromatic carbocycles. The SMILES string of the molecule is C=C(C)CCCCCCCCCCN(N)C(C)NC1=C(C)C=CCC1. The zero-order chi connectivity index (χ0) is 18.5. The van der Waals surface area contributed by atoms with Crippen LogP contribution in [0.1, 0.15) is 91.4 Å². The molecule has 0 aromatic heterocycles. The maximum Gasteiger partial charge on any atom is 0.0891 e. The van der Waals surface area contributed by atoms with Gasteiger partial charge >= 0.3 is 0 Å². The lowest BCUT2D eigenvalue weighted by atomic mass is 10.0. The van der Waals surface area contributed by atoms with E-state index in [4.69, 9.17) is 5.84 Å². The second-order valence-electron chi connectivity index (χ2n) is 7.70. The molecule has 1 unspecified atom stereocenters. The van der Waals surface area contributed by atoms with Crippen LogP contribution in [-0.2, 0) is 0 Å². The first-order valence-corrected chi connectivity index (χ1v) is 10.3. The summed E-state index contributed by atoms with van der Waals surface area (Å²) in [7, 11) is 0. The van der Waals surface area contributed by atoms with Gasteiger partial charge in [-0.15, -0.1) is 6.58 Å². The molecule has 3 nitrogen and oxygen atoms in total. The van der Waals surface area contributed by atoms with Crippen molar-refractivity contribution in [3.8, 4) is 0 Å². The molecule has 0 saturated heterocycles. The third kappa shape index (κ3) is 10.5. The van der Waals surface area contributed by atoms with E-state index in [1.165, 1.54) is 74.6 Å². The molecular weight excluding hydrogens is 306 g/mol. The monoisotopic (exact) mass is 347 g/mol.